The molecule has 0 aliphatic rings. The summed E-state index contributed by atoms with van der Waals surface area (Å²) in [4.78, 5) is 0. The molecule has 1 heterocycles. The van der Waals surface area contributed by atoms with Crippen LogP contribution < -0.4 is 5.32 Å². The molecule has 0 amide bonds. The predicted molar refractivity (Wildman–Crippen MR) is 79.5 cm³/mol. The molecule has 0 aliphatic carbocycles. The minimum absolute atomic E-state index is 0.247. The van der Waals surface area contributed by atoms with Crippen LogP contribution >= 0.6 is 0 Å². The van der Waals surface area contributed by atoms with Crippen molar-refractivity contribution in [3.05, 3.63) is 66.1 Å². The van der Waals surface area contributed by atoms with E-state index in [1.165, 1.54) is 12.1 Å². The molecule has 1 N–H and O–H groups in total. The molecule has 0 saturated heterocycles. The summed E-state index contributed by atoms with van der Waals surface area (Å²) >= 11 is 0. The molecule has 0 saturated carbocycles. The standard InChI is InChI=1S/C16H15FN4/c1-18-10-12-9-13(17)7-8-15(12)16-11-19-20-21(16)14-5-3-2-4-6-14/h2-9,11,18H,10H2,1H3. The van der Waals surface area contributed by atoms with Crippen molar-refractivity contribution in [2.24, 2.45) is 0 Å². The summed E-state index contributed by atoms with van der Waals surface area (Å²) in [6.45, 7) is 0.576. The minimum Gasteiger partial charge on any atom is -0.316 e. The number of hydrogen-bond acceptors (Lipinski definition) is 3. The average molecular weight is 282 g/mol. The van der Waals surface area contributed by atoms with Crippen molar-refractivity contribution in [3.63, 3.8) is 0 Å². The van der Waals surface area contributed by atoms with Crippen LogP contribution in [0, 0.1) is 5.82 Å². The fourth-order valence-corrected chi connectivity index (χ4v) is 2.33. The maximum absolute atomic E-state index is 13.5. The van der Waals surface area contributed by atoms with Crippen molar-refractivity contribution in [2.75, 3.05) is 7.05 Å². The Labute approximate surface area is 122 Å². The minimum atomic E-state index is -0.247. The van der Waals surface area contributed by atoms with E-state index in [1.807, 2.05) is 37.4 Å². The highest BCUT2D eigenvalue weighted by Crippen LogP contribution is 2.25. The fourth-order valence-electron chi connectivity index (χ4n) is 2.33. The van der Waals surface area contributed by atoms with Gasteiger partial charge in [0, 0.05) is 12.1 Å². The predicted octanol–water partition coefficient (Wildman–Crippen LogP) is 2.79. The van der Waals surface area contributed by atoms with Crippen LogP contribution in [0.25, 0.3) is 16.9 Å². The first-order valence-electron chi connectivity index (χ1n) is 6.69. The van der Waals surface area contributed by atoms with Gasteiger partial charge in [0.15, 0.2) is 0 Å². The van der Waals surface area contributed by atoms with Crippen LogP contribution in [0.5, 0.6) is 0 Å². The van der Waals surface area contributed by atoms with Gasteiger partial charge in [-0.05, 0) is 42.9 Å². The Bertz CT molecular complexity index is 737. The SMILES string of the molecule is CNCc1cc(F)ccc1-c1cnnn1-c1ccccc1. The van der Waals surface area contributed by atoms with Gasteiger partial charge < -0.3 is 5.32 Å². The van der Waals surface area contributed by atoms with Gasteiger partial charge in [-0.1, -0.05) is 23.4 Å². The molecule has 0 spiro atoms. The van der Waals surface area contributed by atoms with Crippen LogP contribution in [0.3, 0.4) is 0 Å². The van der Waals surface area contributed by atoms with Gasteiger partial charge in [-0.2, -0.15) is 0 Å². The molecule has 0 atom stereocenters. The molecule has 0 radical (unpaired) electrons. The van der Waals surface area contributed by atoms with E-state index >= 15 is 0 Å². The van der Waals surface area contributed by atoms with E-state index in [9.17, 15) is 4.39 Å². The van der Waals surface area contributed by atoms with Crippen LogP contribution in [0.1, 0.15) is 5.56 Å². The van der Waals surface area contributed by atoms with Gasteiger partial charge in [-0.3, -0.25) is 0 Å². The Hall–Kier alpha value is -2.53. The molecular formula is C16H15FN4. The lowest BCUT2D eigenvalue weighted by Gasteiger charge is -2.11. The van der Waals surface area contributed by atoms with Crippen molar-refractivity contribution in [1.82, 2.24) is 20.3 Å². The molecule has 106 valence electrons. The second-order valence-corrected chi connectivity index (χ2v) is 4.70. The maximum Gasteiger partial charge on any atom is 0.123 e. The van der Waals surface area contributed by atoms with Gasteiger partial charge in [0.05, 0.1) is 17.6 Å². The van der Waals surface area contributed by atoms with E-state index in [0.717, 1.165) is 22.5 Å². The van der Waals surface area contributed by atoms with Gasteiger partial charge in [-0.15, -0.1) is 5.10 Å². The van der Waals surface area contributed by atoms with Crippen LogP contribution in [0.4, 0.5) is 4.39 Å². The Morgan fingerprint density at radius 1 is 1.14 bits per heavy atom. The van der Waals surface area contributed by atoms with E-state index in [-0.39, 0.29) is 5.82 Å². The number of halogens is 1. The first-order chi connectivity index (χ1) is 10.3. The van der Waals surface area contributed by atoms with Crippen LogP contribution in [-0.4, -0.2) is 22.0 Å². The van der Waals surface area contributed by atoms with Gasteiger partial charge in [0.25, 0.3) is 0 Å². The van der Waals surface area contributed by atoms with E-state index in [2.05, 4.69) is 15.6 Å². The number of nitrogens with one attached hydrogen (secondary N) is 1. The second kappa shape index (κ2) is 5.85. The fraction of sp³-hybridized carbons (Fsp3) is 0.125. The maximum atomic E-state index is 13.5. The number of hydrogen-bond donors (Lipinski definition) is 1. The molecule has 21 heavy (non-hydrogen) atoms. The molecule has 0 fully saturated rings. The van der Waals surface area contributed by atoms with E-state index in [1.54, 1.807) is 16.9 Å². The topological polar surface area (TPSA) is 42.7 Å². The molecule has 3 rings (SSSR count). The molecule has 0 aliphatic heterocycles. The average Bonchev–Trinajstić information content (AvgIpc) is 2.98. The van der Waals surface area contributed by atoms with Crippen LogP contribution in [0.15, 0.2) is 54.7 Å². The zero-order valence-electron chi connectivity index (χ0n) is 11.6. The Kier molecular flexibility index (Phi) is 3.75. The molecule has 3 aromatic rings. The first kappa shape index (κ1) is 13.5. The molecule has 2 aromatic carbocycles. The monoisotopic (exact) mass is 282 g/mol. The lowest BCUT2D eigenvalue weighted by Crippen LogP contribution is -2.08. The third kappa shape index (κ3) is 2.68. The summed E-state index contributed by atoms with van der Waals surface area (Å²) in [6.07, 6.45) is 1.69. The number of para-hydroxylation sites is 1. The van der Waals surface area contributed by atoms with Gasteiger partial charge in [-0.25, -0.2) is 9.07 Å². The van der Waals surface area contributed by atoms with Crippen molar-refractivity contribution >= 4 is 0 Å². The summed E-state index contributed by atoms with van der Waals surface area (Å²) < 4.78 is 15.2. The first-order valence-corrected chi connectivity index (χ1v) is 6.69. The van der Waals surface area contributed by atoms with Crippen molar-refractivity contribution in [3.8, 4) is 16.9 Å². The number of nitrogens with zero attached hydrogens (tertiary/aromatic N) is 3. The quantitative estimate of drug-likeness (QED) is 0.800. The summed E-state index contributed by atoms with van der Waals surface area (Å²) in [5, 5.41) is 11.2. The zero-order valence-corrected chi connectivity index (χ0v) is 11.6. The summed E-state index contributed by atoms with van der Waals surface area (Å²) in [6, 6.07) is 14.5. The van der Waals surface area contributed by atoms with Crippen molar-refractivity contribution in [1.29, 1.82) is 0 Å². The van der Waals surface area contributed by atoms with E-state index in [0.29, 0.717) is 6.54 Å². The molecular weight excluding hydrogens is 267 g/mol. The smallest absolute Gasteiger partial charge is 0.123 e. The molecule has 1 aromatic heterocycles. The molecule has 4 nitrogen and oxygen atoms in total. The second-order valence-electron chi connectivity index (χ2n) is 4.70. The lowest BCUT2D eigenvalue weighted by molar-refractivity contribution is 0.624. The van der Waals surface area contributed by atoms with Crippen molar-refractivity contribution < 1.29 is 4.39 Å². The van der Waals surface area contributed by atoms with Gasteiger partial charge in [0.2, 0.25) is 0 Å². The number of rotatable bonds is 4. The highest BCUT2D eigenvalue weighted by Gasteiger charge is 2.13. The molecule has 0 bridgehead atoms. The summed E-state index contributed by atoms with van der Waals surface area (Å²) in [7, 11) is 1.83. The Balaban J connectivity index is 2.12. The third-order valence-corrected chi connectivity index (χ3v) is 3.26. The van der Waals surface area contributed by atoms with Gasteiger partial charge in [0.1, 0.15) is 5.82 Å². The largest absolute Gasteiger partial charge is 0.316 e. The van der Waals surface area contributed by atoms with E-state index < -0.39 is 0 Å². The van der Waals surface area contributed by atoms with Crippen molar-refractivity contribution in [2.45, 2.75) is 6.54 Å². The normalized spacial score (nSPS) is 10.8. The van der Waals surface area contributed by atoms with Gasteiger partial charge >= 0.3 is 0 Å². The molecule has 0 unspecified atom stereocenters. The number of aromatic nitrogens is 3. The van der Waals surface area contributed by atoms with Crippen LogP contribution in [0.2, 0.25) is 0 Å². The van der Waals surface area contributed by atoms with Crippen LogP contribution in [-0.2, 0) is 6.54 Å². The summed E-state index contributed by atoms with van der Waals surface area (Å²) in [5.74, 6) is -0.247. The lowest BCUT2D eigenvalue weighted by atomic mass is 10.0. The Morgan fingerprint density at radius 3 is 2.71 bits per heavy atom. The van der Waals surface area contributed by atoms with E-state index in [4.69, 9.17) is 0 Å². The third-order valence-electron chi connectivity index (χ3n) is 3.26. The number of benzene rings is 2. The highest BCUT2D eigenvalue weighted by molar-refractivity contribution is 5.65. The molecule has 5 heteroatoms. The summed E-state index contributed by atoms with van der Waals surface area (Å²) in [5.41, 5.74) is 3.55. The Morgan fingerprint density at radius 2 is 1.95 bits per heavy atom. The highest BCUT2D eigenvalue weighted by atomic mass is 19.1. The zero-order chi connectivity index (χ0) is 14.7.